The molecule has 0 spiro atoms. The van der Waals surface area contributed by atoms with Gasteiger partial charge in [-0.3, -0.25) is 0 Å². The number of allylic oxidation sites excluding steroid dienone is 3. The van der Waals surface area contributed by atoms with Crippen molar-refractivity contribution in [1.29, 1.82) is 0 Å². The maximum absolute atomic E-state index is 2.60. The van der Waals surface area contributed by atoms with E-state index in [0.29, 0.717) is 0 Å². The molecule has 5 aliphatic rings. The summed E-state index contributed by atoms with van der Waals surface area (Å²) in [6, 6.07) is 36.3. The Morgan fingerprint density at radius 2 is 1.00 bits per heavy atom. The highest BCUT2D eigenvalue weighted by molar-refractivity contribution is 6.32. The van der Waals surface area contributed by atoms with Crippen molar-refractivity contribution in [3.05, 3.63) is 142 Å². The van der Waals surface area contributed by atoms with Crippen LogP contribution < -0.4 is 0 Å². The molecule has 0 saturated carbocycles. The highest BCUT2D eigenvalue weighted by Gasteiger charge is 2.44. The maximum atomic E-state index is 2.60. The Balaban J connectivity index is 1.08. The van der Waals surface area contributed by atoms with Crippen molar-refractivity contribution in [3.8, 4) is 44.5 Å². The van der Waals surface area contributed by atoms with Gasteiger partial charge in [-0.1, -0.05) is 101 Å². The minimum atomic E-state index is -0.154. The lowest BCUT2D eigenvalue weighted by molar-refractivity contribution is 0.521. The van der Waals surface area contributed by atoms with Gasteiger partial charge >= 0.3 is 0 Å². The highest BCUT2D eigenvalue weighted by Crippen LogP contribution is 2.60. The van der Waals surface area contributed by atoms with Crippen LogP contribution in [0.1, 0.15) is 73.1 Å². The van der Waals surface area contributed by atoms with Gasteiger partial charge in [-0.05, 0) is 181 Å². The summed E-state index contributed by atoms with van der Waals surface area (Å²) in [4.78, 5) is 0. The van der Waals surface area contributed by atoms with Crippen LogP contribution in [0.4, 0.5) is 0 Å². The second kappa shape index (κ2) is 8.11. The summed E-state index contributed by atoms with van der Waals surface area (Å²) < 4.78 is 0. The van der Waals surface area contributed by atoms with Crippen molar-refractivity contribution in [1.82, 2.24) is 0 Å². The first kappa shape index (κ1) is 26.4. The molecule has 0 radical (unpaired) electrons. The SMILES string of the molecule is CC1(C)c2cc3c(cc2C(C)(C)c2cc4c(cc21)-c1ccc2ccc5cccc6cc-4c1c2c56)-c1ccc2c4c5c(cc-3c14)C=CCC5=CC2. The summed E-state index contributed by atoms with van der Waals surface area (Å²) in [5.41, 5.74) is 22.7. The number of hydrogen-bond donors (Lipinski definition) is 0. The summed E-state index contributed by atoms with van der Waals surface area (Å²) in [5.74, 6) is 0. The lowest BCUT2D eigenvalue weighted by atomic mass is 9.59. The number of rotatable bonds is 0. The van der Waals surface area contributed by atoms with Crippen molar-refractivity contribution in [2.75, 3.05) is 0 Å². The molecule has 0 fully saturated rings. The van der Waals surface area contributed by atoms with E-state index in [2.05, 4.69) is 137 Å². The predicted octanol–water partition coefficient (Wildman–Crippen LogP) is 13.4. The zero-order valence-electron chi connectivity index (χ0n) is 28.8. The van der Waals surface area contributed by atoms with Crippen LogP contribution in [-0.4, -0.2) is 0 Å². The first-order chi connectivity index (χ1) is 24.3. The quantitative estimate of drug-likeness (QED) is 0.146. The molecular formula is C50H34. The van der Waals surface area contributed by atoms with Gasteiger partial charge in [0, 0.05) is 10.8 Å². The minimum absolute atomic E-state index is 0.154. The van der Waals surface area contributed by atoms with Crippen molar-refractivity contribution >= 4 is 54.7 Å². The average Bonchev–Trinajstić information content (AvgIpc) is 3.62. The fourth-order valence-corrected chi connectivity index (χ4v) is 11.3. The normalized spacial score (nSPS) is 17.4. The van der Waals surface area contributed by atoms with Gasteiger partial charge in [-0.2, -0.15) is 0 Å². The molecular weight excluding hydrogens is 601 g/mol. The van der Waals surface area contributed by atoms with Crippen LogP contribution in [0, 0.1) is 0 Å². The van der Waals surface area contributed by atoms with E-state index < -0.39 is 0 Å². The van der Waals surface area contributed by atoms with Crippen molar-refractivity contribution < 1.29 is 0 Å². The molecule has 0 saturated heterocycles. The van der Waals surface area contributed by atoms with Gasteiger partial charge < -0.3 is 0 Å². The molecule has 0 N–H and O–H groups in total. The smallest absolute Gasteiger partial charge is 0.0153 e. The topological polar surface area (TPSA) is 0 Å². The summed E-state index contributed by atoms with van der Waals surface area (Å²) in [5, 5.41) is 11.3. The van der Waals surface area contributed by atoms with E-state index in [4.69, 9.17) is 0 Å². The molecule has 0 aromatic heterocycles. The molecule has 0 atom stereocenters. The zero-order valence-corrected chi connectivity index (χ0v) is 28.8. The average molecular weight is 635 g/mol. The standard InChI is InChI=1S/C50H34/c1-49(2)39-21-33-31-17-15-27-13-11-26-8-6-10-30-20-38(47(31)45(27)44(26)30)36(33)24-42(39)50(3,4)40-22-34-32-18-16-28-14-12-25-7-5-9-29-19-37(35(34)23-41(40)49)48(32)46(28)43(25)29/h5-7,9-12,14-24H,8,13H2,1-4H3. The Morgan fingerprint density at radius 3 is 1.70 bits per heavy atom. The lowest BCUT2D eigenvalue weighted by Gasteiger charge is -2.44. The van der Waals surface area contributed by atoms with E-state index in [1.54, 1.807) is 0 Å². The van der Waals surface area contributed by atoms with E-state index in [1.165, 1.54) is 132 Å². The molecule has 50 heavy (non-hydrogen) atoms. The second-order valence-corrected chi connectivity index (χ2v) is 16.7. The molecule has 0 nitrogen and oxygen atoms in total. The second-order valence-electron chi connectivity index (χ2n) is 16.7. The molecule has 0 heterocycles. The van der Waals surface area contributed by atoms with E-state index >= 15 is 0 Å². The Kier molecular flexibility index (Phi) is 4.29. The molecule has 8 aromatic carbocycles. The van der Waals surface area contributed by atoms with Crippen LogP contribution >= 0.6 is 0 Å². The summed E-state index contributed by atoms with van der Waals surface area (Å²) in [6.07, 6.45) is 9.28. The fourth-order valence-electron chi connectivity index (χ4n) is 11.3. The Bertz CT molecular complexity index is 3060. The number of benzene rings is 8. The molecule has 5 aliphatic carbocycles. The zero-order chi connectivity index (χ0) is 33.0. The fraction of sp³-hybridized carbons (Fsp3) is 0.160. The maximum Gasteiger partial charge on any atom is 0.0153 e. The summed E-state index contributed by atoms with van der Waals surface area (Å²) in [6.45, 7) is 9.90. The third kappa shape index (κ3) is 2.78. The molecule has 0 unspecified atom stereocenters. The van der Waals surface area contributed by atoms with Gasteiger partial charge in [0.15, 0.2) is 0 Å². The van der Waals surface area contributed by atoms with Crippen LogP contribution in [0.25, 0.3) is 99.2 Å². The van der Waals surface area contributed by atoms with Crippen LogP contribution in [0.5, 0.6) is 0 Å². The third-order valence-corrected chi connectivity index (χ3v) is 13.7. The lowest BCUT2D eigenvalue weighted by Crippen LogP contribution is -2.36. The van der Waals surface area contributed by atoms with Crippen molar-refractivity contribution in [3.63, 3.8) is 0 Å². The number of fused-ring (bicyclic) bond motifs is 8. The van der Waals surface area contributed by atoms with Gasteiger partial charge in [0.25, 0.3) is 0 Å². The van der Waals surface area contributed by atoms with Gasteiger partial charge in [-0.25, -0.2) is 0 Å². The summed E-state index contributed by atoms with van der Waals surface area (Å²) in [7, 11) is 0. The molecule has 234 valence electrons. The van der Waals surface area contributed by atoms with Crippen molar-refractivity contribution in [2.45, 2.75) is 51.4 Å². The number of hydrogen-bond acceptors (Lipinski definition) is 0. The van der Waals surface area contributed by atoms with E-state index in [-0.39, 0.29) is 10.8 Å². The van der Waals surface area contributed by atoms with Gasteiger partial charge in [-0.15, -0.1) is 0 Å². The molecule has 0 amide bonds. The van der Waals surface area contributed by atoms with E-state index in [1.807, 2.05) is 0 Å². The van der Waals surface area contributed by atoms with Crippen LogP contribution in [-0.2, 0) is 17.3 Å². The largest absolute Gasteiger partial charge is 0.0795 e. The summed E-state index contributed by atoms with van der Waals surface area (Å²) >= 11 is 0. The molecule has 0 aliphatic heterocycles. The Morgan fingerprint density at radius 1 is 0.440 bits per heavy atom. The monoisotopic (exact) mass is 634 g/mol. The predicted molar refractivity (Wildman–Crippen MR) is 213 cm³/mol. The molecule has 8 aromatic rings. The van der Waals surface area contributed by atoms with Gasteiger partial charge in [0.1, 0.15) is 0 Å². The first-order valence-electron chi connectivity index (χ1n) is 18.4. The Hall–Kier alpha value is -5.46. The van der Waals surface area contributed by atoms with Gasteiger partial charge in [0.05, 0.1) is 0 Å². The van der Waals surface area contributed by atoms with E-state index in [0.717, 1.165) is 12.8 Å². The molecule has 13 rings (SSSR count). The first-order valence-corrected chi connectivity index (χ1v) is 18.4. The van der Waals surface area contributed by atoms with Crippen LogP contribution in [0.3, 0.4) is 0 Å². The highest BCUT2D eigenvalue weighted by atomic mass is 14.5. The van der Waals surface area contributed by atoms with Crippen LogP contribution in [0.2, 0.25) is 0 Å². The Labute approximate surface area is 291 Å². The third-order valence-electron chi connectivity index (χ3n) is 13.7. The molecule has 0 heteroatoms. The van der Waals surface area contributed by atoms with Crippen LogP contribution in [0.15, 0.2) is 103 Å². The van der Waals surface area contributed by atoms with E-state index in [9.17, 15) is 0 Å². The van der Waals surface area contributed by atoms with Gasteiger partial charge in [0.2, 0.25) is 0 Å². The molecule has 0 bridgehead atoms. The van der Waals surface area contributed by atoms with Crippen molar-refractivity contribution in [2.24, 2.45) is 0 Å². The minimum Gasteiger partial charge on any atom is -0.0795 e.